The summed E-state index contributed by atoms with van der Waals surface area (Å²) in [5.41, 5.74) is 0.0529. The van der Waals surface area contributed by atoms with Crippen molar-refractivity contribution >= 4 is 44.3 Å². The molecule has 4 aromatic rings. The lowest BCUT2D eigenvalue weighted by molar-refractivity contribution is 0.0443. The molecular weight excluding hydrogens is 550 g/mol. The first kappa shape index (κ1) is 29.8. The van der Waals surface area contributed by atoms with E-state index < -0.39 is 23.1 Å². The van der Waals surface area contributed by atoms with Gasteiger partial charge in [0.2, 0.25) is 0 Å². The van der Waals surface area contributed by atoms with Crippen LogP contribution < -0.4 is 21.2 Å². The first-order chi connectivity index (χ1) is 19.6. The Morgan fingerprint density at radius 3 is 1.00 bits per heavy atom. The van der Waals surface area contributed by atoms with Crippen molar-refractivity contribution in [1.29, 1.82) is 0 Å². The lowest BCUT2D eigenvalue weighted by Gasteiger charge is -2.48. The van der Waals surface area contributed by atoms with Crippen LogP contribution in [0.3, 0.4) is 0 Å². The van der Waals surface area contributed by atoms with Crippen molar-refractivity contribution in [2.45, 2.75) is 64.8 Å². The van der Waals surface area contributed by atoms with Crippen molar-refractivity contribution in [2.75, 3.05) is 0 Å². The van der Waals surface area contributed by atoms with E-state index in [9.17, 15) is 0 Å². The fraction of sp³-hybridized carbons (Fsp3) is 0.278. The lowest BCUT2D eigenvalue weighted by Crippen LogP contribution is -2.54. The molecule has 0 spiro atoms. The van der Waals surface area contributed by atoms with E-state index in [1.165, 1.54) is 21.2 Å². The molecule has 41 heavy (non-hydrogen) atoms. The van der Waals surface area contributed by atoms with E-state index in [0.29, 0.717) is 6.17 Å². The Morgan fingerprint density at radius 2 is 0.756 bits per heavy atom. The number of hydrogen-bond donors (Lipinski definition) is 0. The maximum absolute atomic E-state index is 2.63. The molecule has 0 fully saturated rings. The maximum Gasteiger partial charge on any atom is 0.136 e. The van der Waals surface area contributed by atoms with Crippen LogP contribution in [0.25, 0.3) is 0 Å². The number of rotatable bonds is 8. The van der Waals surface area contributed by atoms with Gasteiger partial charge in [-0.3, -0.25) is 0 Å². The summed E-state index contributed by atoms with van der Waals surface area (Å²) in [5.74, 6) is 0. The summed E-state index contributed by atoms with van der Waals surface area (Å²) in [6.45, 7) is 14.2. The first-order valence-electron chi connectivity index (χ1n) is 14.6. The number of hydrogen-bond acceptors (Lipinski definition) is 2. The van der Waals surface area contributed by atoms with Gasteiger partial charge in [0.1, 0.15) is 8.13 Å². The second-order valence-electron chi connectivity index (χ2n) is 12.6. The minimum absolute atomic E-state index is 0.0264. The van der Waals surface area contributed by atoms with E-state index in [1.54, 1.807) is 0 Å². The smallest absolute Gasteiger partial charge is 0.136 e. The molecule has 1 heterocycles. The fourth-order valence-electron chi connectivity index (χ4n) is 5.66. The molecule has 1 aliphatic rings. The molecule has 0 saturated heterocycles. The largest absolute Gasteiger partial charge is 0.351 e. The van der Waals surface area contributed by atoms with Crippen LogP contribution in [0.1, 0.15) is 41.5 Å². The van der Waals surface area contributed by atoms with Crippen LogP contribution in [-0.4, -0.2) is 35.2 Å². The zero-order valence-electron chi connectivity index (χ0n) is 25.3. The van der Waals surface area contributed by atoms with Crippen molar-refractivity contribution in [3.63, 3.8) is 0 Å². The predicted octanol–water partition coefficient (Wildman–Crippen LogP) is 7.75. The molecule has 5 heteroatoms. The molecule has 0 aliphatic carbocycles. The summed E-state index contributed by atoms with van der Waals surface area (Å²) in [4.78, 5) is 5.27. The van der Waals surface area contributed by atoms with Crippen molar-refractivity contribution < 1.29 is 0 Å². The summed E-state index contributed by atoms with van der Waals surface area (Å²) in [6, 6.07) is 46.8. The van der Waals surface area contributed by atoms with Crippen molar-refractivity contribution in [3.8, 4) is 0 Å². The third-order valence-electron chi connectivity index (χ3n) is 7.52. The number of benzene rings is 4. The van der Waals surface area contributed by atoms with Crippen LogP contribution in [-0.2, 0) is 0 Å². The highest BCUT2D eigenvalue weighted by Crippen LogP contribution is 2.56. The fourth-order valence-corrected chi connectivity index (χ4v) is 24.6. The van der Waals surface area contributed by atoms with Crippen LogP contribution in [0.2, 0.25) is 6.04 Å². The molecule has 4 aromatic carbocycles. The van der Waals surface area contributed by atoms with Crippen LogP contribution >= 0.6 is 14.9 Å². The van der Waals surface area contributed by atoms with Gasteiger partial charge in [-0.15, -0.1) is 0 Å². The molecule has 0 N–H and O–H groups in total. The van der Waals surface area contributed by atoms with E-state index >= 15 is 0 Å². The zero-order valence-corrected chi connectivity index (χ0v) is 28.1. The van der Waals surface area contributed by atoms with Gasteiger partial charge in [-0.2, -0.15) is 0 Å². The lowest BCUT2D eigenvalue weighted by atomic mass is 10.0. The number of nitrogens with zero attached hydrogens (tertiary/aromatic N) is 2. The van der Waals surface area contributed by atoms with Gasteiger partial charge in [0.05, 0.1) is 6.17 Å². The molecule has 0 unspecified atom stereocenters. The molecule has 1 radical (unpaired) electrons. The van der Waals surface area contributed by atoms with Gasteiger partial charge in [0, 0.05) is 23.5 Å². The van der Waals surface area contributed by atoms with Gasteiger partial charge in [-0.25, -0.2) is 0 Å². The van der Waals surface area contributed by atoms with E-state index in [0.717, 1.165) is 6.04 Å². The highest BCUT2D eigenvalue weighted by atomic mass is 31.6. The third kappa shape index (κ3) is 6.86. The second kappa shape index (κ2) is 12.7. The van der Waals surface area contributed by atoms with Crippen LogP contribution in [0.15, 0.2) is 134 Å². The SMILES string of the molecule is CC(C)(C)N1C=CN(C(C)(C)C)C1C[Si](P(c1ccccc1)c1ccccc1)P(c1ccccc1)c1ccccc1. The Labute approximate surface area is 251 Å². The molecule has 1 aliphatic heterocycles. The van der Waals surface area contributed by atoms with Crippen LogP contribution in [0.4, 0.5) is 0 Å². The zero-order chi connectivity index (χ0) is 29.0. The molecule has 5 rings (SSSR count). The molecule has 0 saturated carbocycles. The van der Waals surface area contributed by atoms with Crippen molar-refractivity contribution in [2.24, 2.45) is 0 Å². The van der Waals surface area contributed by atoms with E-state index in [2.05, 4.69) is 185 Å². The molecule has 0 aromatic heterocycles. The average molecular weight is 594 g/mol. The Hall–Kier alpha value is -2.70. The van der Waals surface area contributed by atoms with Crippen molar-refractivity contribution in [1.82, 2.24) is 9.80 Å². The van der Waals surface area contributed by atoms with Gasteiger partial charge >= 0.3 is 0 Å². The van der Waals surface area contributed by atoms with Gasteiger partial charge in [0.15, 0.2) is 0 Å². The van der Waals surface area contributed by atoms with Crippen molar-refractivity contribution in [3.05, 3.63) is 134 Å². The first-order valence-corrected chi connectivity index (χ1v) is 20.6. The Balaban J connectivity index is 1.74. The van der Waals surface area contributed by atoms with Crippen LogP contribution in [0, 0.1) is 0 Å². The predicted molar refractivity (Wildman–Crippen MR) is 185 cm³/mol. The molecule has 0 atom stereocenters. The standard InChI is InChI=1S/C36H43N2P2Si/c1-35(2,3)37-27-28-38(36(4,5)6)34(37)29-41(39(30-19-11-7-12-20-30)31-21-13-8-14-22-31)40(32-23-15-9-16-24-32)33-25-17-10-18-26-33/h7-28,34H,29H2,1-6H3. The van der Waals surface area contributed by atoms with E-state index in [-0.39, 0.29) is 11.1 Å². The Bertz CT molecular complexity index is 1210. The third-order valence-corrected chi connectivity index (χ3v) is 23.4. The second-order valence-corrected chi connectivity index (χ2v) is 24.2. The summed E-state index contributed by atoms with van der Waals surface area (Å²) < 4.78 is 0. The van der Waals surface area contributed by atoms with E-state index in [4.69, 9.17) is 0 Å². The minimum atomic E-state index is -1.09. The van der Waals surface area contributed by atoms with Gasteiger partial charge < -0.3 is 9.80 Å². The molecule has 2 nitrogen and oxygen atoms in total. The molecule has 211 valence electrons. The molecular formula is C36H43N2P2Si. The summed E-state index contributed by atoms with van der Waals surface area (Å²) in [6.07, 6.45) is 5.02. The Morgan fingerprint density at radius 1 is 0.488 bits per heavy atom. The molecule has 0 amide bonds. The summed E-state index contributed by atoms with van der Waals surface area (Å²) >= 11 is 0. The van der Waals surface area contributed by atoms with Gasteiger partial charge in [-0.05, 0) is 68.8 Å². The molecule has 0 bridgehead atoms. The highest BCUT2D eigenvalue weighted by molar-refractivity contribution is 8.28. The average Bonchev–Trinajstić information content (AvgIpc) is 3.41. The Kier molecular flexibility index (Phi) is 9.20. The summed E-state index contributed by atoms with van der Waals surface area (Å²) in [7, 11) is -2.25. The quantitative estimate of drug-likeness (QED) is 0.152. The highest BCUT2D eigenvalue weighted by Gasteiger charge is 2.44. The van der Waals surface area contributed by atoms with E-state index in [1.807, 2.05) is 0 Å². The van der Waals surface area contributed by atoms with Gasteiger partial charge in [-0.1, -0.05) is 136 Å². The topological polar surface area (TPSA) is 6.48 Å². The minimum Gasteiger partial charge on any atom is -0.351 e. The maximum atomic E-state index is 2.63. The normalized spacial score (nSPS) is 14.6. The monoisotopic (exact) mass is 593 g/mol. The summed E-state index contributed by atoms with van der Waals surface area (Å²) in [5, 5.41) is 5.99. The van der Waals surface area contributed by atoms with Gasteiger partial charge in [0.25, 0.3) is 0 Å². The van der Waals surface area contributed by atoms with Crippen LogP contribution in [0.5, 0.6) is 0 Å².